The Balaban J connectivity index is 2.22. The molecule has 1 unspecified atom stereocenters. The van der Waals surface area contributed by atoms with E-state index < -0.39 is 41.3 Å². The Hall–Kier alpha value is -2.51. The predicted molar refractivity (Wildman–Crippen MR) is 65.3 cm³/mol. The number of esters is 3. The topological polar surface area (TPSA) is 108 Å². The second-order valence-electron chi connectivity index (χ2n) is 4.91. The van der Waals surface area contributed by atoms with E-state index in [4.69, 9.17) is 18.9 Å². The zero-order valence-electron chi connectivity index (χ0n) is 11.7. The molecule has 0 spiro atoms. The summed E-state index contributed by atoms with van der Waals surface area (Å²) < 4.78 is 19.6. The molecule has 0 radical (unpaired) electrons. The molecular weight excluding hydrogens is 284 g/mol. The highest BCUT2D eigenvalue weighted by atomic mass is 16.7. The maximum atomic E-state index is 11.7. The zero-order chi connectivity index (χ0) is 15.8. The quantitative estimate of drug-likeness (QED) is 0.345. The van der Waals surface area contributed by atoms with E-state index in [9.17, 15) is 19.5 Å². The predicted octanol–water partition coefficient (Wildman–Crippen LogP) is 0.828. The summed E-state index contributed by atoms with van der Waals surface area (Å²) in [4.78, 5) is 34.7. The highest BCUT2D eigenvalue weighted by molar-refractivity contribution is 6.15. The van der Waals surface area contributed by atoms with Gasteiger partial charge in [-0.15, -0.1) is 0 Å². The molecule has 0 aromatic carbocycles. The maximum absolute atomic E-state index is 11.7. The van der Waals surface area contributed by atoms with Crippen molar-refractivity contribution in [3.8, 4) is 0 Å². The average Bonchev–Trinajstić information content (AvgIpc) is 2.23. The molecule has 2 aliphatic heterocycles. The molecule has 0 saturated carbocycles. The molecule has 0 bridgehead atoms. The Morgan fingerprint density at radius 1 is 1.19 bits per heavy atom. The second kappa shape index (κ2) is 5.12. The minimum Gasteiger partial charge on any atom is -0.511 e. The van der Waals surface area contributed by atoms with Crippen LogP contribution in [0.3, 0.4) is 0 Å². The molecule has 0 aliphatic carbocycles. The van der Waals surface area contributed by atoms with Crippen LogP contribution in [0.5, 0.6) is 0 Å². The van der Waals surface area contributed by atoms with Crippen molar-refractivity contribution in [2.24, 2.45) is 0 Å². The minimum absolute atomic E-state index is 0.0641. The van der Waals surface area contributed by atoms with Crippen LogP contribution >= 0.6 is 0 Å². The van der Waals surface area contributed by atoms with E-state index in [0.29, 0.717) is 0 Å². The van der Waals surface area contributed by atoms with Crippen molar-refractivity contribution < 1.29 is 38.4 Å². The molecule has 21 heavy (non-hydrogen) atoms. The fraction of sp³-hybridized carbons (Fsp3) is 0.462. The first kappa shape index (κ1) is 14.9. The molecule has 2 aliphatic rings. The maximum Gasteiger partial charge on any atom is 0.352 e. The summed E-state index contributed by atoms with van der Waals surface area (Å²) >= 11 is 0. The number of ether oxygens (including phenoxy) is 4. The van der Waals surface area contributed by atoms with Crippen LogP contribution in [-0.4, -0.2) is 35.1 Å². The van der Waals surface area contributed by atoms with Gasteiger partial charge in [-0.25, -0.2) is 14.4 Å². The summed E-state index contributed by atoms with van der Waals surface area (Å²) in [6.07, 6.45) is -0.140. The van der Waals surface area contributed by atoms with Gasteiger partial charge in [-0.3, -0.25) is 0 Å². The van der Waals surface area contributed by atoms with Gasteiger partial charge in [0.2, 0.25) is 6.29 Å². The molecule has 0 aromatic heterocycles. The van der Waals surface area contributed by atoms with E-state index in [2.05, 4.69) is 0 Å². The largest absolute Gasteiger partial charge is 0.511 e. The standard InChI is InChI=1S/C13H14O8/c1-6-18-7(5-9(15)19-6)4-8(14)10-11(16)20-13(2,3)21-12(10)17/h5-6,14H,4H2,1-3H3. The van der Waals surface area contributed by atoms with Gasteiger partial charge in [-0.1, -0.05) is 0 Å². The lowest BCUT2D eigenvalue weighted by Crippen LogP contribution is -2.42. The van der Waals surface area contributed by atoms with Gasteiger partial charge in [0.1, 0.15) is 11.5 Å². The lowest BCUT2D eigenvalue weighted by Gasteiger charge is -2.30. The fourth-order valence-corrected chi connectivity index (χ4v) is 1.83. The van der Waals surface area contributed by atoms with Crippen molar-refractivity contribution >= 4 is 17.9 Å². The summed E-state index contributed by atoms with van der Waals surface area (Å²) in [5.74, 6) is -4.57. The monoisotopic (exact) mass is 298 g/mol. The van der Waals surface area contributed by atoms with Gasteiger partial charge in [0.15, 0.2) is 5.57 Å². The van der Waals surface area contributed by atoms with Crippen molar-refractivity contribution in [2.75, 3.05) is 0 Å². The number of carbonyl (C=O) groups is 3. The van der Waals surface area contributed by atoms with Crippen molar-refractivity contribution in [3.63, 3.8) is 0 Å². The zero-order valence-corrected chi connectivity index (χ0v) is 11.7. The molecule has 2 heterocycles. The summed E-state index contributed by atoms with van der Waals surface area (Å²) in [6.45, 7) is 4.27. The average molecular weight is 298 g/mol. The fourth-order valence-electron chi connectivity index (χ4n) is 1.83. The molecule has 114 valence electrons. The first-order valence-corrected chi connectivity index (χ1v) is 6.14. The van der Waals surface area contributed by atoms with E-state index in [-0.39, 0.29) is 12.2 Å². The summed E-state index contributed by atoms with van der Waals surface area (Å²) in [5.41, 5.74) is -0.620. The van der Waals surface area contributed by atoms with Crippen LogP contribution in [0.15, 0.2) is 23.2 Å². The first-order chi connectivity index (χ1) is 9.68. The van der Waals surface area contributed by atoms with Crippen LogP contribution in [0.1, 0.15) is 27.2 Å². The minimum atomic E-state index is -1.39. The molecule has 1 saturated heterocycles. The second-order valence-corrected chi connectivity index (χ2v) is 4.91. The number of cyclic esters (lactones) is 3. The van der Waals surface area contributed by atoms with E-state index in [1.807, 2.05) is 0 Å². The van der Waals surface area contributed by atoms with Gasteiger partial charge < -0.3 is 24.1 Å². The summed E-state index contributed by atoms with van der Waals surface area (Å²) in [6, 6.07) is 0. The van der Waals surface area contributed by atoms with Crippen LogP contribution < -0.4 is 0 Å². The van der Waals surface area contributed by atoms with E-state index >= 15 is 0 Å². The third kappa shape index (κ3) is 3.33. The van der Waals surface area contributed by atoms with Crippen molar-refractivity contribution in [1.82, 2.24) is 0 Å². The third-order valence-electron chi connectivity index (χ3n) is 2.59. The lowest BCUT2D eigenvalue weighted by molar-refractivity contribution is -0.222. The van der Waals surface area contributed by atoms with Crippen LogP contribution in [-0.2, 0) is 33.3 Å². The first-order valence-electron chi connectivity index (χ1n) is 6.14. The number of carbonyl (C=O) groups excluding carboxylic acids is 3. The molecule has 1 fully saturated rings. The molecule has 1 N–H and O–H groups in total. The normalized spacial score (nSPS) is 24.3. The summed E-state index contributed by atoms with van der Waals surface area (Å²) in [5, 5.41) is 9.91. The van der Waals surface area contributed by atoms with Crippen LogP contribution in [0.25, 0.3) is 0 Å². The number of aliphatic hydroxyl groups excluding tert-OH is 1. The Labute approximate surface area is 119 Å². The highest BCUT2D eigenvalue weighted by Crippen LogP contribution is 2.27. The Morgan fingerprint density at radius 2 is 1.76 bits per heavy atom. The molecular formula is C13H14O8. The Morgan fingerprint density at radius 3 is 2.29 bits per heavy atom. The van der Waals surface area contributed by atoms with Crippen LogP contribution in [0, 0.1) is 0 Å². The smallest absolute Gasteiger partial charge is 0.352 e. The number of hydrogen-bond donors (Lipinski definition) is 1. The van der Waals surface area contributed by atoms with Crippen LogP contribution in [0.4, 0.5) is 0 Å². The summed E-state index contributed by atoms with van der Waals surface area (Å²) in [7, 11) is 0. The van der Waals surface area contributed by atoms with Crippen molar-refractivity contribution in [1.29, 1.82) is 0 Å². The van der Waals surface area contributed by atoms with Gasteiger partial charge in [0, 0.05) is 20.8 Å². The number of aliphatic hydroxyl groups is 1. The molecule has 1 atom stereocenters. The molecule has 8 nitrogen and oxygen atoms in total. The van der Waals surface area contributed by atoms with Gasteiger partial charge in [-0.2, -0.15) is 0 Å². The van der Waals surface area contributed by atoms with Crippen molar-refractivity contribution in [3.05, 3.63) is 23.2 Å². The van der Waals surface area contributed by atoms with E-state index in [0.717, 1.165) is 6.08 Å². The van der Waals surface area contributed by atoms with Gasteiger partial charge >= 0.3 is 17.9 Å². The molecule has 8 heteroatoms. The van der Waals surface area contributed by atoms with Gasteiger partial charge in [0.25, 0.3) is 5.79 Å². The Bertz CT molecular complexity index is 547. The van der Waals surface area contributed by atoms with Gasteiger partial charge in [0.05, 0.1) is 12.5 Å². The SMILES string of the molecule is CC1OC(=O)C=C(CC(O)=C2C(=O)OC(C)(C)OC2=O)O1. The van der Waals surface area contributed by atoms with Crippen molar-refractivity contribution in [2.45, 2.75) is 39.3 Å². The molecule has 2 rings (SSSR count). The van der Waals surface area contributed by atoms with Crippen LogP contribution in [0.2, 0.25) is 0 Å². The number of rotatable bonds is 2. The van der Waals surface area contributed by atoms with E-state index in [1.165, 1.54) is 20.8 Å². The number of hydrogen-bond acceptors (Lipinski definition) is 8. The Kier molecular flexibility index (Phi) is 3.63. The third-order valence-corrected chi connectivity index (χ3v) is 2.59. The highest BCUT2D eigenvalue weighted by Gasteiger charge is 2.41. The molecule has 0 amide bonds. The van der Waals surface area contributed by atoms with Gasteiger partial charge in [-0.05, 0) is 0 Å². The van der Waals surface area contributed by atoms with E-state index in [1.54, 1.807) is 0 Å². The molecule has 0 aromatic rings. The lowest BCUT2D eigenvalue weighted by atomic mass is 10.1.